The van der Waals surface area contributed by atoms with Crippen LogP contribution in [0.3, 0.4) is 0 Å². The number of fused-ring (bicyclic) bond motifs is 2. The lowest BCUT2D eigenvalue weighted by atomic mass is 10.1. The minimum atomic E-state index is -1.02. The van der Waals surface area contributed by atoms with Gasteiger partial charge in [0.1, 0.15) is 41.4 Å². The highest BCUT2D eigenvalue weighted by atomic mass is 19.1. The molecule has 214 valence electrons. The number of phenolic OH excluding ortho intramolecular Hbond substituents is 1. The number of phenols is 1. The van der Waals surface area contributed by atoms with Gasteiger partial charge in [0.15, 0.2) is 17.2 Å². The van der Waals surface area contributed by atoms with Gasteiger partial charge in [-0.2, -0.15) is 4.98 Å². The van der Waals surface area contributed by atoms with Gasteiger partial charge in [0.25, 0.3) is 0 Å². The molecule has 0 spiro atoms. The fourth-order valence-electron chi connectivity index (χ4n) is 5.84. The Morgan fingerprint density at radius 1 is 1.19 bits per heavy atom. The normalized spacial score (nSPS) is 17.9. The highest BCUT2D eigenvalue weighted by molar-refractivity contribution is 5.97. The molecule has 13 heteroatoms. The number of ether oxygens (including phenoxy) is 1. The van der Waals surface area contributed by atoms with Crippen molar-refractivity contribution in [3.63, 3.8) is 0 Å². The van der Waals surface area contributed by atoms with Gasteiger partial charge in [0.05, 0.1) is 28.7 Å². The van der Waals surface area contributed by atoms with Crippen molar-refractivity contribution in [3.8, 4) is 28.4 Å². The zero-order valence-electron chi connectivity index (χ0n) is 22.5. The summed E-state index contributed by atoms with van der Waals surface area (Å²) in [6.07, 6.45) is 4.40. The predicted octanol–water partition coefficient (Wildman–Crippen LogP) is 3.00. The number of benzene rings is 1. The lowest BCUT2D eigenvalue weighted by Crippen LogP contribution is -2.56. The van der Waals surface area contributed by atoms with E-state index < -0.39 is 40.4 Å². The number of aromatic nitrogens is 5. The van der Waals surface area contributed by atoms with Crippen LogP contribution in [-0.4, -0.2) is 72.7 Å². The number of hydrogen-bond acceptors (Lipinski definition) is 9. The fraction of sp³-hybridized carbons (Fsp3) is 0.310. The Morgan fingerprint density at radius 2 is 2.00 bits per heavy atom. The smallest absolute Gasteiger partial charge is 0.355 e. The molecular formula is C29H25F2N7O4. The van der Waals surface area contributed by atoms with Crippen LogP contribution >= 0.6 is 0 Å². The number of pyridine rings is 1. The summed E-state index contributed by atoms with van der Waals surface area (Å²) in [6, 6.07) is 3.11. The van der Waals surface area contributed by atoms with Crippen molar-refractivity contribution in [2.24, 2.45) is 0 Å². The van der Waals surface area contributed by atoms with Crippen molar-refractivity contribution in [1.29, 1.82) is 0 Å². The molecule has 3 aromatic heterocycles. The quantitative estimate of drug-likeness (QED) is 0.367. The molecule has 0 radical (unpaired) electrons. The highest BCUT2D eigenvalue weighted by Crippen LogP contribution is 2.45. The number of nitrogens with zero attached hydrogens (tertiary/aromatic N) is 7. The van der Waals surface area contributed by atoms with Crippen LogP contribution in [0.2, 0.25) is 0 Å². The van der Waals surface area contributed by atoms with E-state index in [9.17, 15) is 14.7 Å². The molecule has 0 bridgehead atoms. The number of amides is 1. The lowest BCUT2D eigenvalue weighted by molar-refractivity contribution is -0.126. The molecule has 42 heavy (non-hydrogen) atoms. The van der Waals surface area contributed by atoms with E-state index in [2.05, 4.69) is 26.5 Å². The van der Waals surface area contributed by atoms with Crippen molar-refractivity contribution >= 4 is 22.8 Å². The predicted molar refractivity (Wildman–Crippen MR) is 148 cm³/mol. The standard InChI is InChI=1S/C29H25F2N7O4/c1-3-19(40)36-9-10-37-16(11-36)12-42-26-21-27(37)35-29(41)38(25-14(2)32-13-33-23(25)15-7-8-15)28(21)34-24(22(26)31)20-17(30)5-4-6-18(20)39/h3-6,13,15-16,39H,1,7-12H2,2H3/t16-/m1/s1. The summed E-state index contributed by atoms with van der Waals surface area (Å²) in [5, 5.41) is 10.7. The second-order valence-corrected chi connectivity index (χ2v) is 10.6. The highest BCUT2D eigenvalue weighted by Gasteiger charge is 2.39. The first-order valence-corrected chi connectivity index (χ1v) is 13.5. The van der Waals surface area contributed by atoms with Crippen LogP contribution in [0.25, 0.3) is 28.0 Å². The molecule has 1 aliphatic carbocycles. The fourth-order valence-corrected chi connectivity index (χ4v) is 5.84. The van der Waals surface area contributed by atoms with Gasteiger partial charge in [0, 0.05) is 25.6 Å². The number of carbonyl (C=O) groups excluding carboxylic acids is 1. The Hall–Kier alpha value is -4.94. The monoisotopic (exact) mass is 573 g/mol. The molecule has 1 amide bonds. The van der Waals surface area contributed by atoms with E-state index >= 15 is 8.78 Å². The molecule has 0 unspecified atom stereocenters. The maximum Gasteiger partial charge on any atom is 0.355 e. The summed E-state index contributed by atoms with van der Waals surface area (Å²) in [5.41, 5.74) is -0.251. The SMILES string of the molecule is C=CC(=O)N1CCN2c3nc(=O)n(-c4c(C)ncnc4C4CC4)c4nc(-c5c(O)cccc5F)c(F)c(c34)OC[C@H]2C1. The van der Waals surface area contributed by atoms with Crippen molar-refractivity contribution in [2.75, 3.05) is 31.1 Å². The molecule has 3 aliphatic rings. The first-order chi connectivity index (χ1) is 20.3. The summed E-state index contributed by atoms with van der Waals surface area (Å²) in [6.45, 7) is 6.04. The summed E-state index contributed by atoms with van der Waals surface area (Å²) in [4.78, 5) is 47.5. The third-order valence-corrected chi connectivity index (χ3v) is 8.01. The second kappa shape index (κ2) is 9.57. The minimum Gasteiger partial charge on any atom is -0.507 e. The molecular weight excluding hydrogens is 548 g/mol. The average Bonchev–Trinajstić information content (AvgIpc) is 3.83. The van der Waals surface area contributed by atoms with Crippen molar-refractivity contribution < 1.29 is 23.4 Å². The Bertz CT molecular complexity index is 1850. The van der Waals surface area contributed by atoms with Crippen LogP contribution in [0.4, 0.5) is 14.6 Å². The average molecular weight is 574 g/mol. The molecule has 1 atom stereocenters. The van der Waals surface area contributed by atoms with Crippen LogP contribution in [0.5, 0.6) is 11.5 Å². The van der Waals surface area contributed by atoms with E-state index in [4.69, 9.17) is 4.74 Å². The van der Waals surface area contributed by atoms with Crippen molar-refractivity contribution in [2.45, 2.75) is 31.7 Å². The maximum absolute atomic E-state index is 16.4. The van der Waals surface area contributed by atoms with Gasteiger partial charge in [-0.25, -0.2) is 33.1 Å². The molecule has 2 aliphatic heterocycles. The summed E-state index contributed by atoms with van der Waals surface area (Å²) in [5.74, 6) is -2.75. The Kier molecular flexibility index (Phi) is 5.92. The van der Waals surface area contributed by atoms with Gasteiger partial charge in [-0.1, -0.05) is 12.6 Å². The van der Waals surface area contributed by atoms with E-state index in [-0.39, 0.29) is 54.1 Å². The van der Waals surface area contributed by atoms with E-state index in [1.807, 2.05) is 4.90 Å². The molecule has 7 rings (SSSR count). The molecule has 11 nitrogen and oxygen atoms in total. The van der Waals surface area contributed by atoms with E-state index in [0.717, 1.165) is 18.9 Å². The number of anilines is 1. The van der Waals surface area contributed by atoms with E-state index in [1.165, 1.54) is 29.1 Å². The Morgan fingerprint density at radius 3 is 2.74 bits per heavy atom. The van der Waals surface area contributed by atoms with Crippen molar-refractivity contribution in [1.82, 2.24) is 29.4 Å². The van der Waals surface area contributed by atoms with Gasteiger partial charge in [-0.3, -0.25) is 4.79 Å². The number of rotatable bonds is 4. The van der Waals surface area contributed by atoms with Gasteiger partial charge >= 0.3 is 5.69 Å². The van der Waals surface area contributed by atoms with Gasteiger partial charge < -0.3 is 19.6 Å². The molecule has 2 fully saturated rings. The number of aromatic hydroxyl groups is 1. The molecule has 1 saturated carbocycles. The number of halogens is 2. The van der Waals surface area contributed by atoms with Gasteiger partial charge in [0.2, 0.25) is 5.91 Å². The Balaban J connectivity index is 1.56. The molecule has 5 heterocycles. The topological polar surface area (TPSA) is 127 Å². The zero-order valence-corrected chi connectivity index (χ0v) is 22.5. The molecule has 4 aromatic rings. The zero-order chi connectivity index (χ0) is 29.3. The van der Waals surface area contributed by atoms with Crippen LogP contribution in [0.15, 0.2) is 42.0 Å². The number of piperazine rings is 1. The molecule has 1 saturated heterocycles. The van der Waals surface area contributed by atoms with Crippen LogP contribution < -0.4 is 15.3 Å². The summed E-state index contributed by atoms with van der Waals surface area (Å²) < 4.78 is 38.8. The van der Waals surface area contributed by atoms with Crippen LogP contribution in [0.1, 0.15) is 30.1 Å². The van der Waals surface area contributed by atoms with E-state index in [1.54, 1.807) is 11.8 Å². The van der Waals surface area contributed by atoms with E-state index in [0.29, 0.717) is 23.6 Å². The largest absolute Gasteiger partial charge is 0.507 e. The molecule has 1 aromatic carbocycles. The number of aryl methyl sites for hydroxylation is 1. The second-order valence-electron chi connectivity index (χ2n) is 10.6. The van der Waals surface area contributed by atoms with Crippen LogP contribution in [0, 0.1) is 18.6 Å². The van der Waals surface area contributed by atoms with Crippen molar-refractivity contribution in [3.05, 3.63) is 70.7 Å². The number of carbonyl (C=O) groups is 1. The maximum atomic E-state index is 16.4. The van der Waals surface area contributed by atoms with Crippen LogP contribution in [-0.2, 0) is 4.79 Å². The first kappa shape index (κ1) is 26.0. The Labute approximate surface area is 237 Å². The first-order valence-electron chi connectivity index (χ1n) is 13.5. The van der Waals surface area contributed by atoms with Gasteiger partial charge in [-0.15, -0.1) is 0 Å². The molecule has 1 N–H and O–H groups in total. The summed E-state index contributed by atoms with van der Waals surface area (Å²) >= 11 is 0. The minimum absolute atomic E-state index is 0.0379. The lowest BCUT2D eigenvalue weighted by Gasteiger charge is -2.40. The third kappa shape index (κ3) is 3.90. The number of hydrogen-bond donors (Lipinski definition) is 1. The third-order valence-electron chi connectivity index (χ3n) is 8.01. The summed E-state index contributed by atoms with van der Waals surface area (Å²) in [7, 11) is 0. The van der Waals surface area contributed by atoms with Gasteiger partial charge in [-0.05, 0) is 38.0 Å².